The summed E-state index contributed by atoms with van der Waals surface area (Å²) >= 11 is 1.51. The molecule has 0 aliphatic carbocycles. The molecule has 9 nitrogen and oxygen atoms in total. The van der Waals surface area contributed by atoms with Crippen LogP contribution in [0.2, 0.25) is 0 Å². The van der Waals surface area contributed by atoms with Crippen molar-refractivity contribution in [3.8, 4) is 11.6 Å². The van der Waals surface area contributed by atoms with Crippen LogP contribution in [0.3, 0.4) is 0 Å². The summed E-state index contributed by atoms with van der Waals surface area (Å²) in [6.45, 7) is 6.07. The van der Waals surface area contributed by atoms with Gasteiger partial charge in [-0.3, -0.25) is 9.36 Å². The van der Waals surface area contributed by atoms with Gasteiger partial charge in [0.2, 0.25) is 11.7 Å². The second-order valence-electron chi connectivity index (χ2n) is 9.37. The molecule has 1 saturated heterocycles. The van der Waals surface area contributed by atoms with Crippen molar-refractivity contribution in [2.24, 2.45) is 0 Å². The van der Waals surface area contributed by atoms with Crippen molar-refractivity contribution in [3.05, 3.63) is 39.3 Å². The van der Waals surface area contributed by atoms with E-state index in [4.69, 9.17) is 14.1 Å². The Labute approximate surface area is 193 Å². The van der Waals surface area contributed by atoms with Crippen LogP contribution in [0.4, 0.5) is 0 Å². The number of carbonyl (C=O) groups excluding carboxylic acids is 1. The minimum Gasteiger partial charge on any atom is -0.461 e. The van der Waals surface area contributed by atoms with Gasteiger partial charge in [0.25, 0.3) is 0 Å². The lowest BCUT2D eigenvalue weighted by molar-refractivity contribution is -0.132. The Balaban J connectivity index is 1.57. The summed E-state index contributed by atoms with van der Waals surface area (Å²) in [5.74, 6) is 0.812. The predicted octanol–water partition coefficient (Wildman–Crippen LogP) is 3.23. The summed E-state index contributed by atoms with van der Waals surface area (Å²) < 4.78 is 14.4. The average molecular weight is 468 g/mol. The smallest absolute Gasteiger partial charge is 0.352 e. The quantitative estimate of drug-likeness (QED) is 0.459. The highest BCUT2D eigenvalue weighted by atomic mass is 32.1. The minimum atomic E-state index is -0.369. The van der Waals surface area contributed by atoms with Gasteiger partial charge in [-0.15, -0.1) is 16.4 Å². The first-order valence-electron chi connectivity index (χ1n) is 11.3. The fraction of sp³-hybridized carbons (Fsp3) is 0.478. The first kappa shape index (κ1) is 20.6. The lowest BCUT2D eigenvalue weighted by Crippen LogP contribution is -2.40. The lowest BCUT2D eigenvalue weighted by atomic mass is 9.94. The van der Waals surface area contributed by atoms with Crippen LogP contribution >= 0.6 is 11.3 Å². The summed E-state index contributed by atoms with van der Waals surface area (Å²) in [4.78, 5) is 35.1. The normalized spacial score (nSPS) is 18.2. The maximum atomic E-state index is 13.6. The number of thiophene rings is 1. The van der Waals surface area contributed by atoms with Gasteiger partial charge in [-0.2, -0.15) is 4.52 Å². The molecule has 0 unspecified atom stereocenters. The van der Waals surface area contributed by atoms with E-state index in [1.807, 2.05) is 4.90 Å². The number of hydrogen-bond acceptors (Lipinski definition) is 7. The van der Waals surface area contributed by atoms with Gasteiger partial charge in [-0.1, -0.05) is 0 Å². The number of aromatic nitrogens is 4. The monoisotopic (exact) mass is 467 g/mol. The summed E-state index contributed by atoms with van der Waals surface area (Å²) in [5, 5.41) is 5.35. The third-order valence-electron chi connectivity index (χ3n) is 6.50. The first-order valence-corrected chi connectivity index (χ1v) is 12.1. The van der Waals surface area contributed by atoms with Crippen molar-refractivity contribution in [2.75, 3.05) is 13.1 Å². The Morgan fingerprint density at radius 2 is 2.06 bits per heavy atom. The van der Waals surface area contributed by atoms with Crippen LogP contribution in [0, 0.1) is 0 Å². The highest BCUT2D eigenvalue weighted by Gasteiger charge is 2.33. The van der Waals surface area contributed by atoms with Crippen LogP contribution in [0.5, 0.6) is 0 Å². The molecule has 10 heteroatoms. The maximum absolute atomic E-state index is 13.6. The van der Waals surface area contributed by atoms with Crippen molar-refractivity contribution in [2.45, 2.75) is 58.3 Å². The fourth-order valence-corrected chi connectivity index (χ4v) is 6.01. The molecule has 1 fully saturated rings. The van der Waals surface area contributed by atoms with Gasteiger partial charge in [-0.05, 0) is 50.8 Å². The van der Waals surface area contributed by atoms with E-state index in [1.165, 1.54) is 15.9 Å². The van der Waals surface area contributed by atoms with Crippen LogP contribution in [0.15, 0.2) is 27.6 Å². The zero-order valence-electron chi connectivity index (χ0n) is 18.7. The molecule has 0 aromatic carbocycles. The number of piperidine rings is 1. The highest BCUT2D eigenvalue weighted by Crippen LogP contribution is 2.40. The van der Waals surface area contributed by atoms with Crippen molar-refractivity contribution in [1.29, 1.82) is 0 Å². The van der Waals surface area contributed by atoms with E-state index in [2.05, 4.69) is 18.9 Å². The summed E-state index contributed by atoms with van der Waals surface area (Å²) in [7, 11) is 0. The van der Waals surface area contributed by atoms with Gasteiger partial charge in [0, 0.05) is 24.4 Å². The molecule has 6 heterocycles. The Bertz CT molecular complexity index is 1420. The molecular formula is C23H25N5O4S. The van der Waals surface area contributed by atoms with Crippen molar-refractivity contribution < 1.29 is 13.9 Å². The zero-order valence-corrected chi connectivity index (χ0v) is 19.5. The topological polar surface area (TPSA) is 94.9 Å². The SMILES string of the molecule is CC1(C)Cc2c(sc3c2c2nc(-c4ccco4)nn2c(=O)n3CC(=O)N2CCCCC2)CO1. The van der Waals surface area contributed by atoms with Crippen molar-refractivity contribution in [3.63, 3.8) is 0 Å². The number of carbonyl (C=O) groups is 1. The number of nitrogens with zero attached hydrogens (tertiary/aromatic N) is 5. The van der Waals surface area contributed by atoms with E-state index >= 15 is 0 Å². The Kier molecular flexibility index (Phi) is 4.70. The van der Waals surface area contributed by atoms with Crippen molar-refractivity contribution >= 4 is 33.1 Å². The summed E-state index contributed by atoms with van der Waals surface area (Å²) in [5.41, 5.74) is 0.922. The Morgan fingerprint density at radius 3 is 2.82 bits per heavy atom. The maximum Gasteiger partial charge on any atom is 0.352 e. The number of hydrogen-bond donors (Lipinski definition) is 0. The molecule has 2 aliphatic rings. The Hall–Kier alpha value is -2.98. The van der Waals surface area contributed by atoms with Crippen LogP contribution < -0.4 is 5.69 Å². The standard InChI is InChI=1S/C23H25N5O4S/c1-23(2)11-14-16(13-32-23)33-21-18(14)20-24-19(15-7-6-10-31-15)25-28(20)22(30)27(21)12-17(29)26-8-4-3-5-9-26/h6-7,10H,3-5,8-9,11-13H2,1-2H3. The summed E-state index contributed by atoms with van der Waals surface area (Å²) in [6, 6.07) is 3.53. The van der Waals surface area contributed by atoms with E-state index in [0.29, 0.717) is 30.3 Å². The van der Waals surface area contributed by atoms with Crippen LogP contribution in [-0.2, 0) is 29.1 Å². The van der Waals surface area contributed by atoms with E-state index in [-0.39, 0.29) is 23.7 Å². The van der Waals surface area contributed by atoms with Gasteiger partial charge >= 0.3 is 5.69 Å². The van der Waals surface area contributed by atoms with Crippen LogP contribution in [0.25, 0.3) is 27.4 Å². The second-order valence-corrected chi connectivity index (χ2v) is 10.5. The van der Waals surface area contributed by atoms with E-state index in [0.717, 1.165) is 53.0 Å². The molecule has 4 aromatic heterocycles. The molecule has 0 bridgehead atoms. The van der Waals surface area contributed by atoms with Gasteiger partial charge in [-0.25, -0.2) is 9.78 Å². The number of rotatable bonds is 3. The molecule has 172 valence electrons. The van der Waals surface area contributed by atoms with Crippen molar-refractivity contribution in [1.82, 2.24) is 24.1 Å². The first-order chi connectivity index (χ1) is 15.9. The molecule has 0 N–H and O–H groups in total. The molecule has 33 heavy (non-hydrogen) atoms. The summed E-state index contributed by atoms with van der Waals surface area (Å²) in [6.07, 6.45) is 5.40. The van der Waals surface area contributed by atoms with Crippen LogP contribution in [0.1, 0.15) is 43.6 Å². The molecular weight excluding hydrogens is 442 g/mol. The third-order valence-corrected chi connectivity index (χ3v) is 7.73. The largest absolute Gasteiger partial charge is 0.461 e. The average Bonchev–Trinajstić information content (AvgIpc) is 3.54. The van der Waals surface area contributed by atoms with Gasteiger partial charge in [0.05, 0.1) is 23.9 Å². The van der Waals surface area contributed by atoms with E-state index < -0.39 is 0 Å². The number of furan rings is 1. The Morgan fingerprint density at radius 1 is 1.24 bits per heavy atom. The third kappa shape index (κ3) is 3.39. The molecule has 6 rings (SSSR count). The molecule has 0 saturated carbocycles. The molecule has 2 aliphatic heterocycles. The number of likely N-dealkylation sites (tertiary alicyclic amines) is 1. The fourth-order valence-electron chi connectivity index (χ4n) is 4.80. The molecule has 0 atom stereocenters. The second kappa shape index (κ2) is 7.53. The highest BCUT2D eigenvalue weighted by molar-refractivity contribution is 7.19. The lowest BCUT2D eigenvalue weighted by Gasteiger charge is -2.30. The van der Waals surface area contributed by atoms with Gasteiger partial charge in [0.15, 0.2) is 11.4 Å². The molecule has 0 spiro atoms. The molecule has 0 radical (unpaired) electrons. The van der Waals surface area contributed by atoms with E-state index in [9.17, 15) is 9.59 Å². The number of ether oxygens (including phenoxy) is 1. The van der Waals surface area contributed by atoms with Gasteiger partial charge in [0.1, 0.15) is 11.4 Å². The molecule has 1 amide bonds. The van der Waals surface area contributed by atoms with Gasteiger partial charge < -0.3 is 14.1 Å². The predicted molar refractivity (Wildman–Crippen MR) is 123 cm³/mol. The molecule has 4 aromatic rings. The number of amides is 1. The zero-order chi connectivity index (χ0) is 22.7. The van der Waals surface area contributed by atoms with E-state index in [1.54, 1.807) is 23.0 Å². The minimum absolute atomic E-state index is 0.00907. The van der Waals surface area contributed by atoms with Crippen LogP contribution in [-0.4, -0.2) is 48.7 Å². The number of fused-ring (bicyclic) bond motifs is 5.